The van der Waals surface area contributed by atoms with E-state index in [0.29, 0.717) is 30.0 Å². The van der Waals surface area contributed by atoms with Crippen LogP contribution in [-0.4, -0.2) is 52.6 Å². The van der Waals surface area contributed by atoms with Gasteiger partial charge < -0.3 is 19.2 Å². The lowest BCUT2D eigenvalue weighted by Gasteiger charge is -2.36. The Balaban J connectivity index is 1.38. The van der Waals surface area contributed by atoms with Crippen LogP contribution in [0, 0.1) is 0 Å². The number of nitrogens with one attached hydrogen (secondary N) is 1. The van der Waals surface area contributed by atoms with Crippen molar-refractivity contribution in [2.45, 2.75) is 89.6 Å². The van der Waals surface area contributed by atoms with Crippen LogP contribution in [0.1, 0.15) is 63.9 Å². The van der Waals surface area contributed by atoms with Crippen molar-refractivity contribution < 1.29 is 18.7 Å². The van der Waals surface area contributed by atoms with Gasteiger partial charge in [0.25, 0.3) is 0 Å². The Morgan fingerprint density at radius 2 is 2.00 bits per heavy atom. The fourth-order valence-electron chi connectivity index (χ4n) is 4.92. The summed E-state index contributed by atoms with van der Waals surface area (Å²) in [5, 5.41) is 3.68. The van der Waals surface area contributed by atoms with E-state index in [1.165, 1.54) is 24.4 Å². The number of aromatic nitrogens is 4. The first kappa shape index (κ1) is 25.8. The number of nitrogens with zero attached hydrogens (tertiary/aromatic N) is 4. The highest BCUT2D eigenvalue weighted by Crippen LogP contribution is 2.39. The lowest BCUT2D eigenvalue weighted by molar-refractivity contribution is -0.152. The Hall–Kier alpha value is -2.82. The molecule has 0 amide bonds. The molecule has 9 nitrogen and oxygen atoms in total. The van der Waals surface area contributed by atoms with Crippen LogP contribution in [0.4, 0.5) is 5.82 Å². The molecule has 0 unspecified atom stereocenters. The normalized spacial score (nSPS) is 23.8. The number of hydrogen-bond acceptors (Lipinski definition) is 8. The number of esters is 1. The van der Waals surface area contributed by atoms with E-state index in [2.05, 4.69) is 78.4 Å². The van der Waals surface area contributed by atoms with Gasteiger partial charge in [-0.1, -0.05) is 45.0 Å². The molecule has 0 radical (unpaired) electrons. The summed E-state index contributed by atoms with van der Waals surface area (Å²) in [6, 6.07) is 8.67. The van der Waals surface area contributed by atoms with Crippen molar-refractivity contribution in [2.75, 3.05) is 11.9 Å². The zero-order valence-electron chi connectivity index (χ0n) is 22.5. The van der Waals surface area contributed by atoms with Crippen LogP contribution in [0.5, 0.6) is 0 Å². The number of anilines is 1. The summed E-state index contributed by atoms with van der Waals surface area (Å²) in [6.07, 6.45) is 4.62. The maximum Gasteiger partial charge on any atom is 0.303 e. The predicted octanol–water partition coefficient (Wildman–Crippen LogP) is 5.17. The molecule has 10 heteroatoms. The number of imidazole rings is 1. The second-order valence-electron chi connectivity index (χ2n) is 11.6. The van der Waals surface area contributed by atoms with E-state index in [1.54, 1.807) is 6.33 Å². The summed E-state index contributed by atoms with van der Waals surface area (Å²) in [4.78, 5) is 25.6. The molecule has 1 aliphatic carbocycles. The Bertz CT molecular complexity index is 1290. The first-order valence-electron chi connectivity index (χ1n) is 13.0. The number of ether oxygens (including phenoxy) is 2. The van der Waals surface area contributed by atoms with Gasteiger partial charge in [0, 0.05) is 13.3 Å². The van der Waals surface area contributed by atoms with Crippen LogP contribution < -0.4 is 5.32 Å². The molecule has 1 N–H and O–H groups in total. The summed E-state index contributed by atoms with van der Waals surface area (Å²) in [7, 11) is -1.94. The molecule has 5 rings (SSSR count). The number of rotatable bonds is 7. The smallest absolute Gasteiger partial charge is 0.303 e. The Labute approximate surface area is 219 Å². The van der Waals surface area contributed by atoms with Crippen LogP contribution in [0.25, 0.3) is 11.2 Å². The fraction of sp³-hybridized carbons (Fsp3) is 0.556. The molecule has 37 heavy (non-hydrogen) atoms. The standard InChI is InChI=1S/C27H37N5O4Si/c1-17(33)35-22-13-19(14-34-37(5,6)27(2,3)4)36-26(22)32-16-30-23-24(28-15-29-25(23)32)31-21-12-11-18-9-7-8-10-20(18)21/h7-10,15-16,19,21-22,26H,11-14H2,1-6H3,(H,28,29,31)/t19-,21-,22+,26+/m0/s1. The quantitative estimate of drug-likeness (QED) is 0.335. The van der Waals surface area contributed by atoms with E-state index < -0.39 is 20.6 Å². The molecule has 4 atom stereocenters. The van der Waals surface area contributed by atoms with Crippen molar-refractivity contribution in [3.05, 3.63) is 48.0 Å². The van der Waals surface area contributed by atoms with E-state index >= 15 is 0 Å². The van der Waals surface area contributed by atoms with Crippen molar-refractivity contribution in [1.29, 1.82) is 0 Å². The van der Waals surface area contributed by atoms with Gasteiger partial charge >= 0.3 is 5.97 Å². The Morgan fingerprint density at radius 1 is 1.22 bits per heavy atom. The molecular formula is C27H37N5O4Si. The van der Waals surface area contributed by atoms with Crippen molar-refractivity contribution in [1.82, 2.24) is 19.5 Å². The van der Waals surface area contributed by atoms with E-state index in [1.807, 2.05) is 4.57 Å². The summed E-state index contributed by atoms with van der Waals surface area (Å²) < 4.78 is 20.4. The summed E-state index contributed by atoms with van der Waals surface area (Å²) in [5.41, 5.74) is 3.97. The van der Waals surface area contributed by atoms with Crippen molar-refractivity contribution in [3.8, 4) is 0 Å². The Kier molecular flexibility index (Phi) is 6.84. The zero-order valence-corrected chi connectivity index (χ0v) is 23.5. The second-order valence-corrected chi connectivity index (χ2v) is 16.4. The molecule has 1 fully saturated rings. The first-order chi connectivity index (χ1) is 17.5. The molecule has 1 saturated heterocycles. The minimum absolute atomic E-state index is 0.0982. The minimum Gasteiger partial charge on any atom is -0.458 e. The van der Waals surface area contributed by atoms with Gasteiger partial charge in [0.15, 0.2) is 31.5 Å². The van der Waals surface area contributed by atoms with Crippen molar-refractivity contribution in [2.24, 2.45) is 0 Å². The fourth-order valence-corrected chi connectivity index (χ4v) is 5.96. The van der Waals surface area contributed by atoms with Crippen LogP contribution in [0.2, 0.25) is 18.1 Å². The largest absolute Gasteiger partial charge is 0.458 e. The summed E-state index contributed by atoms with van der Waals surface area (Å²) in [5.74, 6) is 0.344. The van der Waals surface area contributed by atoms with Crippen LogP contribution >= 0.6 is 0 Å². The molecule has 1 aliphatic heterocycles. The van der Waals surface area contributed by atoms with Gasteiger partial charge in [0.05, 0.1) is 25.1 Å². The molecule has 2 aromatic heterocycles. The number of hydrogen-bond donors (Lipinski definition) is 1. The van der Waals surface area contributed by atoms with Crippen LogP contribution in [0.15, 0.2) is 36.9 Å². The predicted molar refractivity (Wildman–Crippen MR) is 144 cm³/mol. The zero-order chi connectivity index (χ0) is 26.4. The number of carbonyl (C=O) groups excluding carboxylic acids is 1. The van der Waals surface area contributed by atoms with Gasteiger partial charge in [-0.3, -0.25) is 9.36 Å². The van der Waals surface area contributed by atoms with Crippen LogP contribution in [-0.2, 0) is 25.1 Å². The third-order valence-corrected chi connectivity index (χ3v) is 12.5. The number of carbonyl (C=O) groups is 1. The maximum atomic E-state index is 11.9. The lowest BCUT2D eigenvalue weighted by atomic mass is 10.1. The molecular weight excluding hydrogens is 486 g/mol. The molecule has 198 valence electrons. The summed E-state index contributed by atoms with van der Waals surface area (Å²) >= 11 is 0. The van der Waals surface area contributed by atoms with Gasteiger partial charge in [-0.25, -0.2) is 15.0 Å². The molecule has 0 bridgehead atoms. The SMILES string of the molecule is CC(=O)O[C@@H]1C[C@@H](CO[Si](C)(C)C(C)(C)C)O[C@H]1n1cnc2c(N[C@H]3CCc4ccccc43)ncnc21. The lowest BCUT2D eigenvalue weighted by Crippen LogP contribution is -2.42. The number of aryl methyl sites for hydroxylation is 1. The first-order valence-corrected chi connectivity index (χ1v) is 15.9. The van der Waals surface area contributed by atoms with Crippen molar-refractivity contribution >= 4 is 31.3 Å². The van der Waals surface area contributed by atoms with Gasteiger partial charge in [-0.15, -0.1) is 0 Å². The topological polar surface area (TPSA) is 100 Å². The third-order valence-electron chi connectivity index (χ3n) is 7.98. The molecule has 3 aromatic rings. The highest BCUT2D eigenvalue weighted by Gasteiger charge is 2.43. The highest BCUT2D eigenvalue weighted by atomic mass is 28.4. The van der Waals surface area contributed by atoms with Crippen LogP contribution in [0.3, 0.4) is 0 Å². The third kappa shape index (κ3) is 5.14. The van der Waals surface area contributed by atoms with Gasteiger partial charge in [0.2, 0.25) is 0 Å². The van der Waals surface area contributed by atoms with Crippen molar-refractivity contribution in [3.63, 3.8) is 0 Å². The van der Waals surface area contributed by atoms with E-state index in [0.717, 1.165) is 12.8 Å². The molecule has 3 heterocycles. The maximum absolute atomic E-state index is 11.9. The van der Waals surface area contributed by atoms with Gasteiger partial charge in [-0.05, 0) is 42.1 Å². The molecule has 0 saturated carbocycles. The Morgan fingerprint density at radius 3 is 2.76 bits per heavy atom. The second kappa shape index (κ2) is 9.81. The van der Waals surface area contributed by atoms with Gasteiger partial charge in [-0.2, -0.15) is 0 Å². The monoisotopic (exact) mass is 523 g/mol. The average molecular weight is 524 g/mol. The average Bonchev–Trinajstić information content (AvgIpc) is 3.54. The number of benzene rings is 1. The van der Waals surface area contributed by atoms with E-state index in [9.17, 15) is 4.79 Å². The molecule has 0 spiro atoms. The van der Waals surface area contributed by atoms with Gasteiger partial charge in [0.1, 0.15) is 12.4 Å². The molecule has 1 aromatic carbocycles. The number of fused-ring (bicyclic) bond motifs is 2. The molecule has 2 aliphatic rings. The highest BCUT2D eigenvalue weighted by molar-refractivity contribution is 6.74. The summed E-state index contributed by atoms with van der Waals surface area (Å²) in [6.45, 7) is 13.0. The minimum atomic E-state index is -1.94. The van der Waals surface area contributed by atoms with E-state index in [-0.39, 0.29) is 23.2 Å². The van der Waals surface area contributed by atoms with E-state index in [4.69, 9.17) is 13.9 Å².